The lowest BCUT2D eigenvalue weighted by Gasteiger charge is -2.23. The number of hydrogen-bond donors (Lipinski definition) is 0. The molecule has 1 aliphatic heterocycles. The summed E-state index contributed by atoms with van der Waals surface area (Å²) in [5.74, 6) is 3.77. The van der Waals surface area contributed by atoms with Crippen LogP contribution in [0.3, 0.4) is 0 Å². The molecule has 0 spiro atoms. The minimum absolute atomic E-state index is 0.0853. The fraction of sp³-hybridized carbons (Fsp3) is 0.467. The normalized spacial score (nSPS) is 18.6. The van der Waals surface area contributed by atoms with Crippen LogP contribution in [0.2, 0.25) is 0 Å². The Hall–Kier alpha value is -1.66. The highest BCUT2D eigenvalue weighted by Crippen LogP contribution is 2.19. The number of rotatable bonds is 3. The Morgan fingerprint density at radius 2 is 2.11 bits per heavy atom. The van der Waals surface area contributed by atoms with Crippen molar-refractivity contribution in [2.75, 3.05) is 13.7 Å². The van der Waals surface area contributed by atoms with Crippen LogP contribution in [0.25, 0.3) is 0 Å². The van der Waals surface area contributed by atoms with Crippen LogP contribution >= 0.6 is 0 Å². The van der Waals surface area contributed by atoms with Gasteiger partial charge in [-0.25, -0.2) is 0 Å². The van der Waals surface area contributed by atoms with Crippen LogP contribution in [0.4, 0.5) is 0 Å². The first kappa shape index (κ1) is 12.8. The molecule has 3 heteroatoms. The van der Waals surface area contributed by atoms with E-state index in [2.05, 4.69) is 16.8 Å². The molecule has 2 rings (SSSR count). The van der Waals surface area contributed by atoms with Gasteiger partial charge in [0.1, 0.15) is 11.9 Å². The van der Waals surface area contributed by atoms with Gasteiger partial charge in [0, 0.05) is 12.8 Å². The van der Waals surface area contributed by atoms with Gasteiger partial charge in [0.25, 0.3) is 0 Å². The molecule has 0 aromatic heterocycles. The molecule has 1 aliphatic rings. The Morgan fingerprint density at radius 3 is 2.78 bits per heavy atom. The van der Waals surface area contributed by atoms with Gasteiger partial charge >= 0.3 is 0 Å². The van der Waals surface area contributed by atoms with Gasteiger partial charge in [-0.05, 0) is 30.5 Å². The molecule has 0 saturated carbocycles. The predicted molar refractivity (Wildman–Crippen MR) is 69.2 cm³/mol. The molecule has 0 N–H and O–H groups in total. The summed E-state index contributed by atoms with van der Waals surface area (Å²) in [6.07, 6.45) is 6.46. The van der Waals surface area contributed by atoms with Gasteiger partial charge in [0.15, 0.2) is 6.29 Å². The highest BCUT2D eigenvalue weighted by Gasteiger charge is 2.14. The topological polar surface area (TPSA) is 27.7 Å². The maximum Gasteiger partial charge on any atom is 0.199 e. The molecule has 1 aromatic rings. The summed E-state index contributed by atoms with van der Waals surface area (Å²) in [5, 5.41) is 0. The largest absolute Gasteiger partial charge is 0.465 e. The lowest BCUT2D eigenvalue weighted by Crippen LogP contribution is -2.24. The number of hydrogen-bond acceptors (Lipinski definition) is 3. The average molecular weight is 246 g/mol. The zero-order valence-corrected chi connectivity index (χ0v) is 10.6. The first-order valence-electron chi connectivity index (χ1n) is 6.26. The van der Waals surface area contributed by atoms with Crippen LogP contribution in [0, 0.1) is 12.0 Å². The van der Waals surface area contributed by atoms with Gasteiger partial charge in [0.2, 0.25) is 0 Å². The summed E-state index contributed by atoms with van der Waals surface area (Å²) >= 11 is 0. The Morgan fingerprint density at radius 1 is 1.28 bits per heavy atom. The highest BCUT2D eigenvalue weighted by atomic mass is 16.7. The molecule has 96 valence electrons. The lowest BCUT2D eigenvalue weighted by atomic mass is 10.1. The standard InChI is InChI=1S/C15H18O3/c1-16-11-4-5-13-7-9-14(10-8-13)18-15-6-2-3-12-17-15/h7-10,15H,2-3,5-6,12H2,1H3. The van der Waals surface area contributed by atoms with Gasteiger partial charge in [0.05, 0.1) is 13.7 Å². The third kappa shape index (κ3) is 3.97. The first-order valence-corrected chi connectivity index (χ1v) is 6.26. The average Bonchev–Trinajstić information content (AvgIpc) is 2.42. The van der Waals surface area contributed by atoms with Crippen molar-refractivity contribution >= 4 is 0 Å². The molecule has 1 saturated heterocycles. The molecule has 0 amide bonds. The number of benzene rings is 1. The van der Waals surface area contributed by atoms with E-state index in [9.17, 15) is 0 Å². The van der Waals surface area contributed by atoms with Crippen molar-refractivity contribution in [3.8, 4) is 17.8 Å². The molecule has 1 heterocycles. The van der Waals surface area contributed by atoms with Crippen LogP contribution in [0.1, 0.15) is 24.8 Å². The molecule has 0 radical (unpaired) electrons. The van der Waals surface area contributed by atoms with E-state index in [1.807, 2.05) is 24.3 Å². The summed E-state index contributed by atoms with van der Waals surface area (Å²) in [7, 11) is 1.56. The van der Waals surface area contributed by atoms with Gasteiger partial charge in [-0.15, -0.1) is 0 Å². The fourth-order valence-electron chi connectivity index (χ4n) is 1.85. The van der Waals surface area contributed by atoms with E-state index in [-0.39, 0.29) is 6.29 Å². The second kappa shape index (κ2) is 6.93. The van der Waals surface area contributed by atoms with Crippen molar-refractivity contribution in [2.45, 2.75) is 32.0 Å². The molecule has 3 nitrogen and oxygen atoms in total. The van der Waals surface area contributed by atoms with Gasteiger partial charge < -0.3 is 14.2 Å². The van der Waals surface area contributed by atoms with E-state index < -0.39 is 0 Å². The van der Waals surface area contributed by atoms with Crippen LogP contribution in [0.15, 0.2) is 24.3 Å². The molecular formula is C15H18O3. The zero-order chi connectivity index (χ0) is 12.6. The van der Waals surface area contributed by atoms with Crippen molar-refractivity contribution < 1.29 is 14.2 Å². The Balaban J connectivity index is 1.86. The Labute approximate surface area is 108 Å². The molecule has 18 heavy (non-hydrogen) atoms. The van der Waals surface area contributed by atoms with Crippen LogP contribution < -0.4 is 4.74 Å². The summed E-state index contributed by atoms with van der Waals surface area (Å²) < 4.78 is 16.0. The SMILES string of the molecule is COC#CCc1ccc(OC2CCCCO2)cc1. The maximum atomic E-state index is 5.75. The third-order valence-corrected chi connectivity index (χ3v) is 2.80. The van der Waals surface area contributed by atoms with E-state index >= 15 is 0 Å². The monoisotopic (exact) mass is 246 g/mol. The summed E-state index contributed by atoms with van der Waals surface area (Å²) in [5.41, 5.74) is 1.15. The highest BCUT2D eigenvalue weighted by molar-refractivity contribution is 5.29. The van der Waals surface area contributed by atoms with Crippen LogP contribution in [-0.4, -0.2) is 20.0 Å². The first-order chi connectivity index (χ1) is 8.88. The smallest absolute Gasteiger partial charge is 0.199 e. The Kier molecular flexibility index (Phi) is 4.92. The van der Waals surface area contributed by atoms with Gasteiger partial charge in [-0.2, -0.15) is 0 Å². The zero-order valence-electron chi connectivity index (χ0n) is 10.6. The van der Waals surface area contributed by atoms with Crippen molar-refractivity contribution in [1.29, 1.82) is 0 Å². The third-order valence-electron chi connectivity index (χ3n) is 2.80. The van der Waals surface area contributed by atoms with Crippen LogP contribution in [-0.2, 0) is 15.9 Å². The molecule has 1 unspecified atom stereocenters. The van der Waals surface area contributed by atoms with E-state index in [1.165, 1.54) is 6.42 Å². The van der Waals surface area contributed by atoms with Crippen molar-refractivity contribution in [2.24, 2.45) is 0 Å². The van der Waals surface area contributed by atoms with Gasteiger partial charge in [-0.1, -0.05) is 18.1 Å². The summed E-state index contributed by atoms with van der Waals surface area (Å²) in [6.45, 7) is 0.801. The van der Waals surface area contributed by atoms with E-state index in [0.717, 1.165) is 30.8 Å². The number of methoxy groups -OCH3 is 1. The second-order valence-corrected chi connectivity index (χ2v) is 4.22. The number of ether oxygens (including phenoxy) is 3. The lowest BCUT2D eigenvalue weighted by molar-refractivity contribution is -0.105. The maximum absolute atomic E-state index is 5.75. The second-order valence-electron chi connectivity index (χ2n) is 4.22. The van der Waals surface area contributed by atoms with E-state index in [4.69, 9.17) is 9.47 Å². The molecule has 0 aliphatic carbocycles. The summed E-state index contributed by atoms with van der Waals surface area (Å²) in [4.78, 5) is 0. The Bertz CT molecular complexity index is 408. The molecule has 1 aromatic carbocycles. The van der Waals surface area contributed by atoms with Gasteiger partial charge in [-0.3, -0.25) is 0 Å². The molecule has 1 fully saturated rings. The predicted octanol–water partition coefficient (Wildman–Crippen LogP) is 2.74. The van der Waals surface area contributed by atoms with Crippen molar-refractivity contribution in [3.05, 3.63) is 29.8 Å². The molecular weight excluding hydrogens is 228 g/mol. The molecule has 0 bridgehead atoms. The van der Waals surface area contributed by atoms with Crippen molar-refractivity contribution in [3.63, 3.8) is 0 Å². The van der Waals surface area contributed by atoms with Crippen molar-refractivity contribution in [1.82, 2.24) is 0 Å². The fourth-order valence-corrected chi connectivity index (χ4v) is 1.85. The quantitative estimate of drug-likeness (QED) is 0.767. The van der Waals surface area contributed by atoms with E-state index in [0.29, 0.717) is 6.42 Å². The summed E-state index contributed by atoms with van der Waals surface area (Å²) in [6, 6.07) is 7.95. The van der Waals surface area contributed by atoms with E-state index in [1.54, 1.807) is 7.11 Å². The minimum atomic E-state index is -0.0853. The molecule has 1 atom stereocenters. The van der Waals surface area contributed by atoms with Crippen LogP contribution in [0.5, 0.6) is 5.75 Å². The minimum Gasteiger partial charge on any atom is -0.465 e.